The van der Waals surface area contributed by atoms with E-state index in [1.807, 2.05) is 6.92 Å². The minimum Gasteiger partial charge on any atom is -0.376 e. The molecule has 0 aromatic heterocycles. The molecule has 2 unspecified atom stereocenters. The molecule has 0 aromatic rings. The Labute approximate surface area is 102 Å². The van der Waals surface area contributed by atoms with E-state index in [2.05, 4.69) is 34.6 Å². The maximum Gasteiger partial charge on any atom is 0.0773 e. The smallest absolute Gasteiger partial charge is 0.0773 e. The van der Waals surface area contributed by atoms with E-state index in [1.165, 1.54) is 12.8 Å². The summed E-state index contributed by atoms with van der Waals surface area (Å²) >= 11 is 0. The molecule has 0 spiro atoms. The molecule has 2 heteroatoms. The maximum absolute atomic E-state index is 6.25. The number of hydrogen-bond donors (Lipinski definition) is 1. The fourth-order valence-electron chi connectivity index (χ4n) is 2.11. The Morgan fingerprint density at radius 1 is 1.12 bits per heavy atom. The minimum atomic E-state index is 0.132. The fourth-order valence-corrected chi connectivity index (χ4v) is 2.11. The van der Waals surface area contributed by atoms with Crippen molar-refractivity contribution in [2.24, 2.45) is 17.1 Å². The van der Waals surface area contributed by atoms with E-state index in [1.54, 1.807) is 0 Å². The molecule has 16 heavy (non-hydrogen) atoms. The largest absolute Gasteiger partial charge is 0.376 e. The van der Waals surface area contributed by atoms with Gasteiger partial charge in [0.15, 0.2) is 0 Å². The Morgan fingerprint density at radius 3 is 2.06 bits per heavy atom. The summed E-state index contributed by atoms with van der Waals surface area (Å²) in [5.74, 6) is 0.771. The summed E-state index contributed by atoms with van der Waals surface area (Å²) in [5.41, 5.74) is 6.38. The summed E-state index contributed by atoms with van der Waals surface area (Å²) < 4.78 is 5.80. The molecule has 0 aliphatic rings. The first-order valence-corrected chi connectivity index (χ1v) is 6.66. The molecule has 0 aliphatic heterocycles. The van der Waals surface area contributed by atoms with Crippen molar-refractivity contribution in [3.63, 3.8) is 0 Å². The van der Waals surface area contributed by atoms with Crippen LogP contribution in [0.25, 0.3) is 0 Å². The Bertz CT molecular complexity index is 172. The van der Waals surface area contributed by atoms with Crippen LogP contribution < -0.4 is 5.73 Å². The van der Waals surface area contributed by atoms with Crippen molar-refractivity contribution in [2.45, 2.75) is 73.0 Å². The summed E-state index contributed by atoms with van der Waals surface area (Å²) in [7, 11) is 0. The summed E-state index contributed by atoms with van der Waals surface area (Å²) in [6.07, 6.45) is 3.71. The quantitative estimate of drug-likeness (QED) is 0.724. The molecule has 0 aromatic carbocycles. The van der Waals surface area contributed by atoms with Gasteiger partial charge in [-0.15, -0.1) is 0 Å². The van der Waals surface area contributed by atoms with Crippen LogP contribution in [0, 0.1) is 11.3 Å². The van der Waals surface area contributed by atoms with Gasteiger partial charge in [-0.1, -0.05) is 47.5 Å². The topological polar surface area (TPSA) is 35.2 Å². The van der Waals surface area contributed by atoms with E-state index in [-0.39, 0.29) is 17.6 Å². The highest BCUT2D eigenvalue weighted by molar-refractivity contribution is 4.84. The van der Waals surface area contributed by atoms with E-state index in [9.17, 15) is 0 Å². The SMILES string of the molecule is CCOC(C(N)CCCC(C)C)C(C)(C)C. The molecular weight excluding hydrogens is 198 g/mol. The molecule has 0 amide bonds. The zero-order valence-corrected chi connectivity index (χ0v) is 12.0. The number of rotatable bonds is 7. The van der Waals surface area contributed by atoms with Gasteiger partial charge in [0.1, 0.15) is 0 Å². The van der Waals surface area contributed by atoms with Gasteiger partial charge in [0.25, 0.3) is 0 Å². The molecule has 0 saturated heterocycles. The first-order chi connectivity index (χ1) is 7.29. The van der Waals surface area contributed by atoms with E-state index in [0.717, 1.165) is 18.9 Å². The van der Waals surface area contributed by atoms with Gasteiger partial charge in [0, 0.05) is 12.6 Å². The molecule has 2 atom stereocenters. The van der Waals surface area contributed by atoms with Crippen LogP contribution in [0.1, 0.15) is 60.8 Å². The number of nitrogens with two attached hydrogens (primary N) is 1. The van der Waals surface area contributed by atoms with Crippen LogP contribution in [0.3, 0.4) is 0 Å². The monoisotopic (exact) mass is 229 g/mol. The molecule has 0 radical (unpaired) electrons. The van der Waals surface area contributed by atoms with Gasteiger partial charge in [-0.2, -0.15) is 0 Å². The molecule has 0 fully saturated rings. The third-order valence-electron chi connectivity index (χ3n) is 2.91. The lowest BCUT2D eigenvalue weighted by atomic mass is 9.83. The van der Waals surface area contributed by atoms with Gasteiger partial charge in [0.2, 0.25) is 0 Å². The van der Waals surface area contributed by atoms with E-state index in [0.29, 0.717) is 0 Å². The standard InChI is InChI=1S/C14H31NO/c1-7-16-13(14(4,5)6)12(15)10-8-9-11(2)3/h11-13H,7-10,15H2,1-6H3. The number of ether oxygens (including phenoxy) is 1. The normalized spacial score (nSPS) is 16.5. The van der Waals surface area contributed by atoms with Crippen LogP contribution in [0.5, 0.6) is 0 Å². The second-order valence-electron chi connectivity index (χ2n) is 6.23. The molecule has 2 nitrogen and oxygen atoms in total. The van der Waals surface area contributed by atoms with Crippen molar-refractivity contribution >= 4 is 0 Å². The van der Waals surface area contributed by atoms with Crippen LogP contribution in [-0.4, -0.2) is 18.8 Å². The van der Waals surface area contributed by atoms with Gasteiger partial charge in [-0.25, -0.2) is 0 Å². The second-order valence-corrected chi connectivity index (χ2v) is 6.23. The Morgan fingerprint density at radius 2 is 1.69 bits per heavy atom. The highest BCUT2D eigenvalue weighted by Crippen LogP contribution is 2.26. The summed E-state index contributed by atoms with van der Waals surface area (Å²) in [5, 5.41) is 0. The van der Waals surface area contributed by atoms with Crippen molar-refractivity contribution in [2.75, 3.05) is 6.61 Å². The first-order valence-electron chi connectivity index (χ1n) is 6.66. The minimum absolute atomic E-state index is 0.132. The third-order valence-corrected chi connectivity index (χ3v) is 2.91. The van der Waals surface area contributed by atoms with Crippen molar-refractivity contribution in [1.82, 2.24) is 0 Å². The highest BCUT2D eigenvalue weighted by Gasteiger charge is 2.30. The molecule has 0 rings (SSSR count). The predicted octanol–water partition coefficient (Wildman–Crippen LogP) is 3.59. The van der Waals surface area contributed by atoms with E-state index >= 15 is 0 Å². The average Bonchev–Trinajstić information content (AvgIpc) is 2.11. The van der Waals surface area contributed by atoms with Crippen LogP contribution in [0.15, 0.2) is 0 Å². The van der Waals surface area contributed by atoms with Gasteiger partial charge in [-0.05, 0) is 24.7 Å². The lowest BCUT2D eigenvalue weighted by Crippen LogP contribution is -2.45. The molecule has 0 bridgehead atoms. The van der Waals surface area contributed by atoms with Crippen molar-refractivity contribution < 1.29 is 4.74 Å². The van der Waals surface area contributed by atoms with Gasteiger partial charge >= 0.3 is 0 Å². The average molecular weight is 229 g/mol. The van der Waals surface area contributed by atoms with Crippen LogP contribution >= 0.6 is 0 Å². The Balaban J connectivity index is 4.12. The van der Waals surface area contributed by atoms with E-state index < -0.39 is 0 Å². The Kier molecular flexibility index (Phi) is 7.25. The lowest BCUT2D eigenvalue weighted by Gasteiger charge is -2.35. The molecular formula is C14H31NO. The van der Waals surface area contributed by atoms with Gasteiger partial charge in [0.05, 0.1) is 6.10 Å². The van der Waals surface area contributed by atoms with Gasteiger partial charge < -0.3 is 10.5 Å². The molecule has 2 N–H and O–H groups in total. The van der Waals surface area contributed by atoms with Crippen LogP contribution in [0.2, 0.25) is 0 Å². The highest BCUT2D eigenvalue weighted by atomic mass is 16.5. The van der Waals surface area contributed by atoms with Gasteiger partial charge in [-0.3, -0.25) is 0 Å². The zero-order valence-electron chi connectivity index (χ0n) is 12.0. The summed E-state index contributed by atoms with van der Waals surface area (Å²) in [4.78, 5) is 0. The molecule has 0 aliphatic carbocycles. The predicted molar refractivity (Wildman–Crippen MR) is 71.5 cm³/mol. The fraction of sp³-hybridized carbons (Fsp3) is 1.00. The van der Waals surface area contributed by atoms with Crippen molar-refractivity contribution in [3.05, 3.63) is 0 Å². The molecule has 98 valence electrons. The zero-order chi connectivity index (χ0) is 12.8. The second kappa shape index (κ2) is 7.29. The Hall–Kier alpha value is -0.0800. The number of hydrogen-bond acceptors (Lipinski definition) is 2. The molecule has 0 saturated carbocycles. The van der Waals surface area contributed by atoms with Crippen molar-refractivity contribution in [1.29, 1.82) is 0 Å². The van der Waals surface area contributed by atoms with Crippen LogP contribution in [-0.2, 0) is 4.74 Å². The lowest BCUT2D eigenvalue weighted by molar-refractivity contribution is -0.0295. The summed E-state index contributed by atoms with van der Waals surface area (Å²) in [6, 6.07) is 0.165. The maximum atomic E-state index is 6.25. The van der Waals surface area contributed by atoms with Crippen molar-refractivity contribution in [3.8, 4) is 0 Å². The van der Waals surface area contributed by atoms with Crippen LogP contribution in [0.4, 0.5) is 0 Å². The molecule has 0 heterocycles. The third kappa shape index (κ3) is 6.49. The van der Waals surface area contributed by atoms with E-state index in [4.69, 9.17) is 10.5 Å². The summed E-state index contributed by atoms with van der Waals surface area (Å²) in [6.45, 7) is 13.9. The first kappa shape index (κ1) is 15.9.